The van der Waals surface area contributed by atoms with Gasteiger partial charge in [-0.2, -0.15) is 5.10 Å². The van der Waals surface area contributed by atoms with Crippen molar-refractivity contribution in [2.45, 2.75) is 13.8 Å². The highest BCUT2D eigenvalue weighted by Gasteiger charge is 2.06. The van der Waals surface area contributed by atoms with Crippen molar-refractivity contribution >= 4 is 26.8 Å². The van der Waals surface area contributed by atoms with E-state index < -0.39 is 0 Å². The van der Waals surface area contributed by atoms with Gasteiger partial charge in [0.05, 0.1) is 11.2 Å². The van der Waals surface area contributed by atoms with Gasteiger partial charge in [0.1, 0.15) is 0 Å². The van der Waals surface area contributed by atoms with Gasteiger partial charge in [-0.05, 0) is 41.4 Å². The second-order valence-corrected chi connectivity index (χ2v) is 3.72. The van der Waals surface area contributed by atoms with Crippen LogP contribution in [0.3, 0.4) is 0 Å². The molecule has 3 heteroatoms. The summed E-state index contributed by atoms with van der Waals surface area (Å²) < 4.78 is 1.14. The molecule has 0 radical (unpaired) electrons. The summed E-state index contributed by atoms with van der Waals surface area (Å²) in [6.07, 6.45) is 0. The molecule has 0 aliphatic carbocycles. The van der Waals surface area contributed by atoms with Crippen molar-refractivity contribution in [2.24, 2.45) is 0 Å². The minimum absolute atomic E-state index is 1.04. The van der Waals surface area contributed by atoms with Gasteiger partial charge in [-0.1, -0.05) is 6.07 Å². The van der Waals surface area contributed by atoms with Gasteiger partial charge < -0.3 is 0 Å². The number of aromatic amines is 1. The van der Waals surface area contributed by atoms with Gasteiger partial charge in [0, 0.05) is 9.86 Å². The summed E-state index contributed by atoms with van der Waals surface area (Å²) >= 11 is 3.55. The Bertz CT molecular complexity index is 431. The number of H-pyrrole nitrogens is 1. The van der Waals surface area contributed by atoms with Crippen molar-refractivity contribution in [2.75, 3.05) is 0 Å². The summed E-state index contributed by atoms with van der Waals surface area (Å²) in [5.41, 5.74) is 3.37. The molecule has 62 valence electrons. The molecule has 0 atom stereocenters. The van der Waals surface area contributed by atoms with E-state index in [1.165, 1.54) is 10.9 Å². The number of aromatic nitrogens is 2. The van der Waals surface area contributed by atoms with Crippen LogP contribution in [-0.2, 0) is 0 Å². The Kier molecular flexibility index (Phi) is 1.68. The van der Waals surface area contributed by atoms with Gasteiger partial charge >= 0.3 is 0 Å². The maximum absolute atomic E-state index is 4.14. The number of aryl methyl sites for hydroxylation is 2. The Morgan fingerprint density at radius 3 is 2.83 bits per heavy atom. The molecule has 0 bridgehead atoms. The van der Waals surface area contributed by atoms with Crippen LogP contribution >= 0.6 is 15.9 Å². The maximum atomic E-state index is 4.14. The molecule has 1 aromatic carbocycles. The topological polar surface area (TPSA) is 28.7 Å². The van der Waals surface area contributed by atoms with Crippen molar-refractivity contribution in [3.63, 3.8) is 0 Å². The molecule has 0 fully saturated rings. The summed E-state index contributed by atoms with van der Waals surface area (Å²) in [5.74, 6) is 0. The fourth-order valence-electron chi connectivity index (χ4n) is 1.33. The van der Waals surface area contributed by atoms with Crippen molar-refractivity contribution in [1.29, 1.82) is 0 Å². The Hall–Kier alpha value is -0.830. The third-order valence-corrected chi connectivity index (χ3v) is 3.06. The Balaban J connectivity index is 2.96. The highest BCUT2D eigenvalue weighted by molar-refractivity contribution is 9.10. The van der Waals surface area contributed by atoms with Crippen LogP contribution in [0.4, 0.5) is 0 Å². The predicted molar refractivity (Wildman–Crippen MR) is 53.3 cm³/mol. The van der Waals surface area contributed by atoms with E-state index in [-0.39, 0.29) is 0 Å². The maximum Gasteiger partial charge on any atom is 0.0681 e. The van der Waals surface area contributed by atoms with Gasteiger partial charge in [-0.3, -0.25) is 5.10 Å². The monoisotopic (exact) mass is 224 g/mol. The van der Waals surface area contributed by atoms with Crippen LogP contribution in [0.15, 0.2) is 16.6 Å². The molecule has 0 unspecified atom stereocenters. The second kappa shape index (κ2) is 2.59. The number of nitrogens with one attached hydrogen (secondary N) is 1. The van der Waals surface area contributed by atoms with Crippen molar-refractivity contribution in [3.05, 3.63) is 27.9 Å². The van der Waals surface area contributed by atoms with Crippen LogP contribution in [0.5, 0.6) is 0 Å². The molecule has 1 heterocycles. The smallest absolute Gasteiger partial charge is 0.0681 e. The standard InChI is InChI=1S/C9H9BrN2/c1-5-3-4-7-8(9(5)10)6(2)11-12-7/h3-4H,1-2H3,(H,11,12). The van der Waals surface area contributed by atoms with E-state index in [0.717, 1.165) is 15.7 Å². The molecule has 0 aliphatic heterocycles. The van der Waals surface area contributed by atoms with Crippen LogP contribution in [0.25, 0.3) is 10.9 Å². The Morgan fingerprint density at radius 1 is 1.33 bits per heavy atom. The molecular weight excluding hydrogens is 216 g/mol. The fourth-order valence-corrected chi connectivity index (χ4v) is 1.96. The SMILES string of the molecule is Cc1ccc2[nH]nc(C)c2c1Br. The quantitative estimate of drug-likeness (QED) is 0.733. The molecule has 0 saturated heterocycles. The Morgan fingerprint density at radius 2 is 2.08 bits per heavy atom. The van der Waals surface area contributed by atoms with E-state index >= 15 is 0 Å². The van der Waals surface area contributed by atoms with Crippen molar-refractivity contribution in [1.82, 2.24) is 10.2 Å². The number of halogens is 1. The first-order valence-corrected chi connectivity index (χ1v) is 4.59. The van der Waals surface area contributed by atoms with Gasteiger partial charge in [-0.15, -0.1) is 0 Å². The van der Waals surface area contributed by atoms with Crippen molar-refractivity contribution < 1.29 is 0 Å². The highest BCUT2D eigenvalue weighted by atomic mass is 79.9. The first-order valence-electron chi connectivity index (χ1n) is 3.80. The zero-order valence-electron chi connectivity index (χ0n) is 6.98. The molecule has 2 aromatic rings. The lowest BCUT2D eigenvalue weighted by Crippen LogP contribution is -1.77. The molecule has 0 amide bonds. The van der Waals surface area contributed by atoms with E-state index in [0.29, 0.717) is 0 Å². The molecule has 0 spiro atoms. The van der Waals surface area contributed by atoms with Crippen LogP contribution in [-0.4, -0.2) is 10.2 Å². The molecule has 2 rings (SSSR count). The third kappa shape index (κ3) is 0.966. The number of nitrogens with zero attached hydrogens (tertiary/aromatic N) is 1. The normalized spacial score (nSPS) is 10.9. The summed E-state index contributed by atoms with van der Waals surface area (Å²) in [6.45, 7) is 4.08. The molecule has 0 saturated carbocycles. The van der Waals surface area contributed by atoms with Gasteiger partial charge in [0.15, 0.2) is 0 Å². The fraction of sp³-hybridized carbons (Fsp3) is 0.222. The zero-order chi connectivity index (χ0) is 8.72. The van der Waals surface area contributed by atoms with Crippen LogP contribution in [0, 0.1) is 13.8 Å². The molecule has 12 heavy (non-hydrogen) atoms. The second-order valence-electron chi connectivity index (χ2n) is 2.93. The minimum Gasteiger partial charge on any atom is -0.278 e. The number of rotatable bonds is 0. The lowest BCUT2D eigenvalue weighted by atomic mass is 10.1. The molecule has 1 aromatic heterocycles. The average molecular weight is 225 g/mol. The molecule has 0 aliphatic rings. The van der Waals surface area contributed by atoms with E-state index in [9.17, 15) is 0 Å². The largest absolute Gasteiger partial charge is 0.278 e. The highest BCUT2D eigenvalue weighted by Crippen LogP contribution is 2.27. The number of benzene rings is 1. The number of hydrogen-bond acceptors (Lipinski definition) is 1. The van der Waals surface area contributed by atoms with Crippen LogP contribution in [0.1, 0.15) is 11.3 Å². The summed E-state index contributed by atoms with van der Waals surface area (Å²) in [6, 6.07) is 4.12. The Labute approximate surface area is 79.1 Å². The summed E-state index contributed by atoms with van der Waals surface area (Å²) in [4.78, 5) is 0. The molecule has 1 N–H and O–H groups in total. The summed E-state index contributed by atoms with van der Waals surface area (Å²) in [7, 11) is 0. The zero-order valence-corrected chi connectivity index (χ0v) is 8.57. The minimum atomic E-state index is 1.04. The third-order valence-electron chi connectivity index (χ3n) is 2.04. The molecule has 2 nitrogen and oxygen atoms in total. The predicted octanol–water partition coefficient (Wildman–Crippen LogP) is 2.94. The average Bonchev–Trinajstić information content (AvgIpc) is 2.41. The first kappa shape index (κ1) is 7.80. The lowest BCUT2D eigenvalue weighted by Gasteiger charge is -1.98. The first-order chi connectivity index (χ1) is 5.70. The number of fused-ring (bicyclic) bond motifs is 1. The van der Waals surface area contributed by atoms with E-state index in [4.69, 9.17) is 0 Å². The number of hydrogen-bond donors (Lipinski definition) is 1. The van der Waals surface area contributed by atoms with E-state index in [1.54, 1.807) is 0 Å². The lowest BCUT2D eigenvalue weighted by molar-refractivity contribution is 1.07. The van der Waals surface area contributed by atoms with Gasteiger partial charge in [0.2, 0.25) is 0 Å². The van der Waals surface area contributed by atoms with Gasteiger partial charge in [0.25, 0.3) is 0 Å². The summed E-state index contributed by atoms with van der Waals surface area (Å²) in [5, 5.41) is 8.31. The van der Waals surface area contributed by atoms with Crippen LogP contribution < -0.4 is 0 Å². The van der Waals surface area contributed by atoms with Crippen molar-refractivity contribution in [3.8, 4) is 0 Å². The van der Waals surface area contributed by atoms with E-state index in [1.807, 2.05) is 6.92 Å². The van der Waals surface area contributed by atoms with E-state index in [2.05, 4.69) is 45.2 Å². The molecular formula is C9H9BrN2. The van der Waals surface area contributed by atoms with Crippen LogP contribution in [0.2, 0.25) is 0 Å². The van der Waals surface area contributed by atoms with Gasteiger partial charge in [-0.25, -0.2) is 0 Å².